The molecule has 4 rings (SSSR count). The van der Waals surface area contributed by atoms with E-state index in [0.717, 1.165) is 16.9 Å². The van der Waals surface area contributed by atoms with Gasteiger partial charge >= 0.3 is 0 Å². The summed E-state index contributed by atoms with van der Waals surface area (Å²) in [7, 11) is 0. The van der Waals surface area contributed by atoms with Crippen LogP contribution in [0.5, 0.6) is 0 Å². The van der Waals surface area contributed by atoms with Gasteiger partial charge in [0.1, 0.15) is 0 Å². The van der Waals surface area contributed by atoms with Gasteiger partial charge in [0.15, 0.2) is 5.78 Å². The largest absolute Gasteiger partial charge is 0.288 e. The molecule has 1 heterocycles. The lowest BCUT2D eigenvalue weighted by molar-refractivity contribution is 0.104. The quantitative estimate of drug-likeness (QED) is 0.519. The zero-order valence-electron chi connectivity index (χ0n) is 14.0. The lowest BCUT2D eigenvalue weighted by atomic mass is 9.91. The molecule has 0 amide bonds. The Kier molecular flexibility index (Phi) is 3.36. The van der Waals surface area contributed by atoms with Crippen LogP contribution in [0.15, 0.2) is 71.7 Å². The average Bonchev–Trinajstić information content (AvgIpc) is 3.21. The smallest absolute Gasteiger partial charge is 0.199 e. The molecule has 1 nitrogen and oxygen atoms in total. The number of benzene rings is 2. The molecule has 2 aromatic carbocycles. The topological polar surface area (TPSA) is 17.1 Å². The number of Topliss-reactive ketones (excluding diaryl/α,β-unsaturated/α-hetero) is 1. The van der Waals surface area contributed by atoms with Gasteiger partial charge in [-0.3, -0.25) is 4.79 Å². The summed E-state index contributed by atoms with van der Waals surface area (Å²) in [6, 6.07) is 18.0. The number of hydrogen-bond acceptors (Lipinski definition) is 2. The summed E-state index contributed by atoms with van der Waals surface area (Å²) in [6.45, 7) is 8.60. The second-order valence-corrected chi connectivity index (χ2v) is 8.35. The molecule has 2 heteroatoms. The first-order valence-corrected chi connectivity index (χ1v) is 9.05. The molecule has 2 aromatic rings. The van der Waals surface area contributed by atoms with Gasteiger partial charge in [-0.25, -0.2) is 0 Å². The second kappa shape index (κ2) is 5.22. The van der Waals surface area contributed by atoms with Crippen molar-refractivity contribution in [2.75, 3.05) is 0 Å². The monoisotopic (exact) mass is 332 g/mol. The van der Waals surface area contributed by atoms with Crippen LogP contribution in [-0.2, 0) is 4.75 Å². The Morgan fingerprint density at radius 1 is 1.08 bits per heavy atom. The van der Waals surface area contributed by atoms with Gasteiger partial charge in [0.05, 0.1) is 9.65 Å². The SMILES string of the molecule is C=C(C)C1(C)CC12SC(C(=O)c1ccccc1)=Cc1ccccc12. The van der Waals surface area contributed by atoms with Gasteiger partial charge in [0.25, 0.3) is 0 Å². The standard InChI is InChI=1S/C22H20OS/c1-15(2)21(3)14-22(21)18-12-8-7-11-17(18)13-19(24-22)20(23)16-9-5-4-6-10-16/h4-13H,1,14H2,2-3H3. The summed E-state index contributed by atoms with van der Waals surface area (Å²) in [5, 5.41) is 0. The third kappa shape index (κ3) is 2.06. The van der Waals surface area contributed by atoms with Gasteiger partial charge in [-0.05, 0) is 30.5 Å². The molecule has 24 heavy (non-hydrogen) atoms. The fourth-order valence-electron chi connectivity index (χ4n) is 3.74. The van der Waals surface area contributed by atoms with Crippen molar-refractivity contribution in [1.29, 1.82) is 0 Å². The second-order valence-electron chi connectivity index (χ2n) is 7.01. The number of ketones is 1. The van der Waals surface area contributed by atoms with Crippen LogP contribution in [0.1, 0.15) is 41.8 Å². The summed E-state index contributed by atoms with van der Waals surface area (Å²) >= 11 is 1.73. The molecule has 0 radical (unpaired) electrons. The number of carbonyl (C=O) groups excluding carboxylic acids is 1. The Bertz CT molecular complexity index is 880. The van der Waals surface area contributed by atoms with E-state index in [1.807, 2.05) is 36.4 Å². The maximum Gasteiger partial charge on any atom is 0.199 e. The van der Waals surface area contributed by atoms with Gasteiger partial charge in [0.2, 0.25) is 0 Å². The average molecular weight is 332 g/mol. The third-order valence-corrected chi connectivity index (χ3v) is 7.22. The highest BCUT2D eigenvalue weighted by Gasteiger charge is 2.67. The lowest BCUT2D eigenvalue weighted by Crippen LogP contribution is -2.19. The van der Waals surface area contributed by atoms with E-state index in [9.17, 15) is 4.79 Å². The first-order chi connectivity index (χ1) is 11.5. The van der Waals surface area contributed by atoms with Crippen LogP contribution >= 0.6 is 11.8 Å². The minimum Gasteiger partial charge on any atom is -0.288 e. The van der Waals surface area contributed by atoms with Crippen molar-refractivity contribution >= 4 is 23.6 Å². The van der Waals surface area contributed by atoms with E-state index in [2.05, 4.69) is 44.7 Å². The maximum atomic E-state index is 13.0. The molecule has 120 valence electrons. The highest BCUT2D eigenvalue weighted by Crippen LogP contribution is 2.76. The molecular formula is C22H20OS. The minimum absolute atomic E-state index is 0.0459. The van der Waals surface area contributed by atoms with E-state index in [1.54, 1.807) is 11.8 Å². The fraction of sp³-hybridized carbons (Fsp3) is 0.227. The van der Waals surface area contributed by atoms with Crippen LogP contribution in [0, 0.1) is 5.41 Å². The van der Waals surface area contributed by atoms with Crippen LogP contribution in [0.4, 0.5) is 0 Å². The number of fused-ring (bicyclic) bond motifs is 2. The number of thioether (sulfide) groups is 1. The molecule has 2 unspecified atom stereocenters. The van der Waals surface area contributed by atoms with Crippen LogP contribution in [-0.4, -0.2) is 5.78 Å². The summed E-state index contributed by atoms with van der Waals surface area (Å²) in [5.41, 5.74) is 4.50. The highest BCUT2D eigenvalue weighted by atomic mass is 32.2. The molecule has 1 aliphatic heterocycles. The minimum atomic E-state index is -0.0516. The summed E-state index contributed by atoms with van der Waals surface area (Å²) < 4.78 is -0.0516. The Morgan fingerprint density at radius 2 is 1.75 bits per heavy atom. The first-order valence-electron chi connectivity index (χ1n) is 8.24. The van der Waals surface area contributed by atoms with Gasteiger partial charge in [-0.15, -0.1) is 11.8 Å². The Labute approximate surface area is 147 Å². The molecule has 0 aromatic heterocycles. The maximum absolute atomic E-state index is 13.0. The van der Waals surface area contributed by atoms with Gasteiger partial charge in [-0.2, -0.15) is 0 Å². The van der Waals surface area contributed by atoms with Crippen LogP contribution in [0.3, 0.4) is 0 Å². The lowest BCUT2D eigenvalue weighted by Gasteiger charge is -2.29. The van der Waals surface area contributed by atoms with E-state index in [4.69, 9.17) is 0 Å². The molecule has 2 aliphatic rings. The van der Waals surface area contributed by atoms with E-state index >= 15 is 0 Å². The number of carbonyl (C=O) groups is 1. The summed E-state index contributed by atoms with van der Waals surface area (Å²) in [6.07, 6.45) is 3.09. The molecule has 1 aliphatic carbocycles. The van der Waals surface area contributed by atoms with E-state index in [0.29, 0.717) is 0 Å². The Balaban J connectivity index is 1.81. The molecular weight excluding hydrogens is 312 g/mol. The van der Waals surface area contributed by atoms with Crippen LogP contribution in [0.25, 0.3) is 6.08 Å². The third-order valence-electron chi connectivity index (χ3n) is 5.54. The van der Waals surface area contributed by atoms with Gasteiger partial charge < -0.3 is 0 Å². The number of rotatable bonds is 3. The predicted molar refractivity (Wildman–Crippen MR) is 102 cm³/mol. The van der Waals surface area contributed by atoms with Crippen molar-refractivity contribution in [2.24, 2.45) is 5.41 Å². The van der Waals surface area contributed by atoms with Crippen molar-refractivity contribution in [3.05, 3.63) is 88.3 Å². The van der Waals surface area contributed by atoms with Crippen molar-refractivity contribution in [3.63, 3.8) is 0 Å². The number of allylic oxidation sites excluding steroid dienone is 2. The van der Waals surface area contributed by atoms with Crippen LogP contribution in [0.2, 0.25) is 0 Å². The van der Waals surface area contributed by atoms with Crippen molar-refractivity contribution in [1.82, 2.24) is 0 Å². The highest BCUT2D eigenvalue weighted by molar-refractivity contribution is 8.05. The fourth-order valence-corrected chi connectivity index (χ4v) is 5.57. The van der Waals surface area contributed by atoms with Crippen molar-refractivity contribution in [2.45, 2.75) is 25.0 Å². The molecule has 0 saturated heterocycles. The van der Waals surface area contributed by atoms with E-state index < -0.39 is 0 Å². The Hall–Kier alpha value is -2.06. The van der Waals surface area contributed by atoms with E-state index in [-0.39, 0.29) is 15.9 Å². The summed E-state index contributed by atoms with van der Waals surface area (Å²) in [4.78, 5) is 13.8. The molecule has 1 spiro atoms. The van der Waals surface area contributed by atoms with Crippen molar-refractivity contribution in [3.8, 4) is 0 Å². The van der Waals surface area contributed by atoms with Gasteiger partial charge in [-0.1, -0.05) is 73.7 Å². The normalized spacial score (nSPS) is 27.3. The first kappa shape index (κ1) is 15.5. The van der Waals surface area contributed by atoms with E-state index in [1.165, 1.54) is 16.7 Å². The summed E-state index contributed by atoms with van der Waals surface area (Å²) in [5.74, 6) is 0.116. The van der Waals surface area contributed by atoms with Crippen molar-refractivity contribution < 1.29 is 4.79 Å². The number of hydrogen-bond donors (Lipinski definition) is 0. The zero-order valence-corrected chi connectivity index (χ0v) is 14.8. The molecule has 1 fully saturated rings. The Morgan fingerprint density at radius 3 is 2.42 bits per heavy atom. The van der Waals surface area contributed by atoms with Gasteiger partial charge in [0, 0.05) is 11.0 Å². The zero-order chi connectivity index (χ0) is 16.9. The predicted octanol–water partition coefficient (Wildman–Crippen LogP) is 5.84. The molecule has 1 saturated carbocycles. The van der Waals surface area contributed by atoms with Crippen LogP contribution < -0.4 is 0 Å². The molecule has 0 bridgehead atoms. The molecule has 2 atom stereocenters. The molecule has 0 N–H and O–H groups in total.